The van der Waals surface area contributed by atoms with E-state index in [9.17, 15) is 0 Å². The lowest BCUT2D eigenvalue weighted by atomic mass is 10.1. The highest BCUT2D eigenvalue weighted by Gasteiger charge is 2.22. The summed E-state index contributed by atoms with van der Waals surface area (Å²) in [5.41, 5.74) is 2.04. The molecule has 0 aliphatic carbocycles. The van der Waals surface area contributed by atoms with Crippen molar-refractivity contribution in [2.45, 2.75) is 26.3 Å². The highest BCUT2D eigenvalue weighted by molar-refractivity contribution is 6.39. The molecule has 114 valence electrons. The van der Waals surface area contributed by atoms with Gasteiger partial charge in [-0.2, -0.15) is 0 Å². The molecule has 3 rings (SSSR count). The average molecular weight is 335 g/mol. The standard InChI is InChI=1S/C16H16Cl2N4/c1-16(2,3)21-15-14(13-10(17)5-4-6-11(13)18)20-12-9-19-7-8-22(12)15/h4-9,21H,1-3H3. The quantitative estimate of drug-likeness (QED) is 0.723. The first-order chi connectivity index (χ1) is 10.4. The van der Waals surface area contributed by atoms with Gasteiger partial charge in [-0.25, -0.2) is 4.98 Å². The van der Waals surface area contributed by atoms with E-state index in [0.717, 1.165) is 22.7 Å². The van der Waals surface area contributed by atoms with Crippen LogP contribution < -0.4 is 5.32 Å². The van der Waals surface area contributed by atoms with Crippen LogP contribution in [0.4, 0.5) is 5.82 Å². The maximum absolute atomic E-state index is 6.36. The molecule has 0 saturated heterocycles. The van der Waals surface area contributed by atoms with E-state index in [4.69, 9.17) is 23.2 Å². The first-order valence-corrected chi connectivity index (χ1v) is 7.67. The summed E-state index contributed by atoms with van der Waals surface area (Å²) in [7, 11) is 0. The lowest BCUT2D eigenvalue weighted by Crippen LogP contribution is -2.27. The third-order valence-electron chi connectivity index (χ3n) is 3.12. The second kappa shape index (κ2) is 5.45. The van der Waals surface area contributed by atoms with Crippen molar-refractivity contribution in [3.05, 3.63) is 46.8 Å². The summed E-state index contributed by atoms with van der Waals surface area (Å²) >= 11 is 12.7. The zero-order valence-corrected chi connectivity index (χ0v) is 14.1. The SMILES string of the molecule is CC(C)(C)Nc1c(-c2c(Cl)cccc2Cl)nc2cnccn12. The number of halogens is 2. The van der Waals surface area contributed by atoms with E-state index in [-0.39, 0.29) is 5.54 Å². The molecule has 0 bridgehead atoms. The Morgan fingerprint density at radius 3 is 2.45 bits per heavy atom. The molecule has 2 heterocycles. The first-order valence-electron chi connectivity index (χ1n) is 6.91. The number of aromatic nitrogens is 3. The van der Waals surface area contributed by atoms with Gasteiger partial charge in [-0.1, -0.05) is 29.3 Å². The summed E-state index contributed by atoms with van der Waals surface area (Å²) in [6, 6.07) is 5.44. The van der Waals surface area contributed by atoms with Crippen molar-refractivity contribution in [2.24, 2.45) is 0 Å². The van der Waals surface area contributed by atoms with E-state index in [1.807, 2.05) is 28.8 Å². The molecule has 0 atom stereocenters. The molecular formula is C16H16Cl2N4. The maximum Gasteiger partial charge on any atom is 0.157 e. The number of rotatable bonds is 2. The summed E-state index contributed by atoms with van der Waals surface area (Å²) < 4.78 is 1.95. The second-order valence-electron chi connectivity index (χ2n) is 6.09. The van der Waals surface area contributed by atoms with Gasteiger partial charge in [-0.3, -0.25) is 9.38 Å². The van der Waals surface area contributed by atoms with Crippen LogP contribution in [0.25, 0.3) is 16.9 Å². The molecule has 6 heteroatoms. The van der Waals surface area contributed by atoms with Gasteiger partial charge in [0.05, 0.1) is 16.2 Å². The maximum atomic E-state index is 6.36. The van der Waals surface area contributed by atoms with Crippen LogP contribution in [0.1, 0.15) is 20.8 Å². The summed E-state index contributed by atoms with van der Waals surface area (Å²) in [6.07, 6.45) is 5.30. The van der Waals surface area contributed by atoms with Crippen LogP contribution in [-0.4, -0.2) is 19.9 Å². The number of hydrogen-bond acceptors (Lipinski definition) is 3. The summed E-state index contributed by atoms with van der Waals surface area (Å²) in [4.78, 5) is 8.78. The van der Waals surface area contributed by atoms with E-state index >= 15 is 0 Å². The normalized spacial score (nSPS) is 11.9. The fourth-order valence-electron chi connectivity index (χ4n) is 2.28. The second-order valence-corrected chi connectivity index (χ2v) is 6.90. The van der Waals surface area contributed by atoms with Crippen molar-refractivity contribution in [1.29, 1.82) is 0 Å². The lowest BCUT2D eigenvalue weighted by Gasteiger charge is -2.22. The third kappa shape index (κ3) is 2.76. The zero-order valence-electron chi connectivity index (χ0n) is 12.6. The highest BCUT2D eigenvalue weighted by Crippen LogP contribution is 2.39. The molecule has 0 amide bonds. The molecule has 0 aliphatic rings. The summed E-state index contributed by atoms with van der Waals surface area (Å²) in [5, 5.41) is 4.62. The van der Waals surface area contributed by atoms with Gasteiger partial charge in [0.15, 0.2) is 5.65 Å². The van der Waals surface area contributed by atoms with Gasteiger partial charge in [0.25, 0.3) is 0 Å². The topological polar surface area (TPSA) is 42.2 Å². The van der Waals surface area contributed by atoms with Gasteiger partial charge < -0.3 is 5.32 Å². The van der Waals surface area contributed by atoms with Crippen molar-refractivity contribution >= 4 is 34.7 Å². The smallest absolute Gasteiger partial charge is 0.157 e. The van der Waals surface area contributed by atoms with Crippen LogP contribution >= 0.6 is 23.2 Å². The molecule has 0 saturated carbocycles. The zero-order chi connectivity index (χ0) is 15.9. The minimum atomic E-state index is -0.137. The average Bonchev–Trinajstić information content (AvgIpc) is 2.76. The Labute approximate surface area is 139 Å². The van der Waals surface area contributed by atoms with Crippen molar-refractivity contribution in [3.8, 4) is 11.3 Å². The Morgan fingerprint density at radius 2 is 1.82 bits per heavy atom. The molecule has 3 aromatic rings. The van der Waals surface area contributed by atoms with Gasteiger partial charge in [0.1, 0.15) is 11.5 Å². The van der Waals surface area contributed by atoms with Crippen LogP contribution in [0, 0.1) is 0 Å². The van der Waals surface area contributed by atoms with Gasteiger partial charge in [0.2, 0.25) is 0 Å². The van der Waals surface area contributed by atoms with Crippen LogP contribution in [0.3, 0.4) is 0 Å². The highest BCUT2D eigenvalue weighted by atomic mass is 35.5. The third-order valence-corrected chi connectivity index (χ3v) is 3.75. The minimum absolute atomic E-state index is 0.137. The van der Waals surface area contributed by atoms with E-state index in [2.05, 4.69) is 36.1 Å². The van der Waals surface area contributed by atoms with Crippen molar-refractivity contribution in [2.75, 3.05) is 5.32 Å². The number of benzene rings is 1. The Morgan fingerprint density at radius 1 is 1.14 bits per heavy atom. The van der Waals surface area contributed by atoms with Crippen LogP contribution in [0.5, 0.6) is 0 Å². The monoisotopic (exact) mass is 334 g/mol. The van der Waals surface area contributed by atoms with Gasteiger partial charge in [0, 0.05) is 23.5 Å². The van der Waals surface area contributed by atoms with E-state index in [1.54, 1.807) is 12.4 Å². The van der Waals surface area contributed by atoms with Crippen LogP contribution in [0.2, 0.25) is 10.0 Å². The molecule has 0 radical (unpaired) electrons. The molecule has 0 fully saturated rings. The van der Waals surface area contributed by atoms with Gasteiger partial charge in [-0.15, -0.1) is 0 Å². The summed E-state index contributed by atoms with van der Waals surface area (Å²) in [6.45, 7) is 6.27. The van der Waals surface area contributed by atoms with Crippen LogP contribution in [0.15, 0.2) is 36.8 Å². The molecule has 0 unspecified atom stereocenters. The van der Waals surface area contributed by atoms with E-state index < -0.39 is 0 Å². The molecule has 1 N–H and O–H groups in total. The number of imidazole rings is 1. The van der Waals surface area contributed by atoms with Crippen LogP contribution in [-0.2, 0) is 0 Å². The predicted molar refractivity (Wildman–Crippen MR) is 91.8 cm³/mol. The summed E-state index contributed by atoms with van der Waals surface area (Å²) in [5.74, 6) is 0.847. The Bertz CT molecular complexity index is 814. The number of anilines is 1. The van der Waals surface area contributed by atoms with E-state index in [1.165, 1.54) is 0 Å². The number of nitrogens with zero attached hydrogens (tertiary/aromatic N) is 3. The number of nitrogens with one attached hydrogen (secondary N) is 1. The van der Waals surface area contributed by atoms with E-state index in [0.29, 0.717) is 10.0 Å². The Kier molecular flexibility index (Phi) is 3.75. The van der Waals surface area contributed by atoms with Crippen molar-refractivity contribution in [3.63, 3.8) is 0 Å². The number of fused-ring (bicyclic) bond motifs is 1. The molecule has 4 nitrogen and oxygen atoms in total. The Balaban J connectivity index is 2.31. The molecule has 2 aromatic heterocycles. The van der Waals surface area contributed by atoms with Gasteiger partial charge >= 0.3 is 0 Å². The minimum Gasteiger partial charge on any atom is -0.365 e. The molecule has 22 heavy (non-hydrogen) atoms. The largest absolute Gasteiger partial charge is 0.365 e. The lowest BCUT2D eigenvalue weighted by molar-refractivity contribution is 0.629. The first kappa shape index (κ1) is 15.1. The molecule has 0 aliphatic heterocycles. The molecular weight excluding hydrogens is 319 g/mol. The fraction of sp³-hybridized carbons (Fsp3) is 0.250. The Hall–Kier alpha value is -1.78. The van der Waals surface area contributed by atoms with Gasteiger partial charge in [-0.05, 0) is 32.9 Å². The molecule has 0 spiro atoms. The molecule has 1 aromatic carbocycles. The number of hydrogen-bond donors (Lipinski definition) is 1. The van der Waals surface area contributed by atoms with Crippen molar-refractivity contribution in [1.82, 2.24) is 14.4 Å². The predicted octanol–water partition coefficient (Wildman–Crippen LogP) is 4.91. The fourth-order valence-corrected chi connectivity index (χ4v) is 2.86. The van der Waals surface area contributed by atoms with Crippen molar-refractivity contribution < 1.29 is 0 Å².